The number of fused-ring (bicyclic) bond motifs is 2. The summed E-state index contributed by atoms with van der Waals surface area (Å²) in [7, 11) is 8.11. The Morgan fingerprint density at radius 3 is 2.26 bits per heavy atom. The summed E-state index contributed by atoms with van der Waals surface area (Å²) in [6, 6.07) is 6.44. The maximum Gasteiger partial charge on any atom is 0.338 e. The van der Waals surface area contributed by atoms with Gasteiger partial charge < -0.3 is 43.4 Å². The molecule has 7 bridgehead atoms. The quantitative estimate of drug-likeness (QED) is 0.353. The van der Waals surface area contributed by atoms with Crippen LogP contribution in [0.2, 0.25) is 0 Å². The van der Waals surface area contributed by atoms with E-state index in [0.717, 1.165) is 0 Å². The molecule has 1 spiro atoms. The number of rotatable bonds is 10. The Bertz CT molecular complexity index is 1390. The molecular formula is C35H49NO11. The van der Waals surface area contributed by atoms with Gasteiger partial charge in [-0.15, -0.1) is 0 Å². The van der Waals surface area contributed by atoms with E-state index in [9.17, 15) is 19.8 Å². The molecule has 1 aliphatic heterocycles. The highest BCUT2D eigenvalue weighted by Crippen LogP contribution is 2.80. The summed E-state index contributed by atoms with van der Waals surface area (Å²) in [5.74, 6) is -2.10. The van der Waals surface area contributed by atoms with E-state index in [4.69, 9.17) is 33.2 Å². The van der Waals surface area contributed by atoms with Crippen molar-refractivity contribution in [2.45, 2.75) is 80.9 Å². The van der Waals surface area contributed by atoms with Crippen LogP contribution in [0, 0.1) is 34.5 Å². The molecule has 47 heavy (non-hydrogen) atoms. The molecule has 5 saturated carbocycles. The zero-order valence-electron chi connectivity index (χ0n) is 28.3. The molecule has 1 heterocycles. The summed E-state index contributed by atoms with van der Waals surface area (Å²) in [4.78, 5) is 29.5. The number of hydrogen-bond donors (Lipinski definition) is 2. The first-order valence-corrected chi connectivity index (χ1v) is 16.7. The molecule has 7 rings (SSSR count). The number of nitrogens with zero attached hydrogens (tertiary/aromatic N) is 1. The molecule has 14 atom stereocenters. The van der Waals surface area contributed by atoms with E-state index in [2.05, 4.69) is 11.8 Å². The smallest absolute Gasteiger partial charge is 0.338 e. The number of carbonyl (C=O) groups excluding carboxylic acids is 2. The Morgan fingerprint density at radius 2 is 1.68 bits per heavy atom. The van der Waals surface area contributed by atoms with Crippen molar-refractivity contribution < 1.29 is 53.0 Å². The predicted molar refractivity (Wildman–Crippen MR) is 166 cm³/mol. The molecule has 12 nitrogen and oxygen atoms in total. The molecule has 0 radical (unpaired) electrons. The van der Waals surface area contributed by atoms with Crippen molar-refractivity contribution >= 4 is 11.9 Å². The van der Waals surface area contributed by atoms with Crippen molar-refractivity contribution in [3.63, 3.8) is 0 Å². The normalized spacial score (nSPS) is 47.4. The van der Waals surface area contributed by atoms with E-state index in [-0.39, 0.29) is 30.7 Å². The topological polar surface area (TPSA) is 142 Å². The van der Waals surface area contributed by atoms with Crippen LogP contribution in [0.1, 0.15) is 43.5 Å². The highest BCUT2D eigenvalue weighted by atomic mass is 16.6. The summed E-state index contributed by atoms with van der Waals surface area (Å²) in [6.45, 7) is 5.04. The maximum atomic E-state index is 13.9. The predicted octanol–water partition coefficient (Wildman–Crippen LogP) is 1.69. The maximum absolute atomic E-state index is 13.9. The Hall–Kier alpha value is -2.32. The monoisotopic (exact) mass is 659 g/mol. The summed E-state index contributed by atoms with van der Waals surface area (Å²) in [5.41, 5.74) is -3.89. The van der Waals surface area contributed by atoms with Crippen molar-refractivity contribution in [2.24, 2.45) is 34.5 Å². The van der Waals surface area contributed by atoms with Crippen LogP contribution >= 0.6 is 0 Å². The van der Waals surface area contributed by atoms with Crippen LogP contribution in [0.5, 0.6) is 5.75 Å². The summed E-state index contributed by atoms with van der Waals surface area (Å²) < 4.78 is 43.2. The molecule has 1 aromatic rings. The van der Waals surface area contributed by atoms with Gasteiger partial charge in [0.25, 0.3) is 0 Å². The zero-order valence-corrected chi connectivity index (χ0v) is 28.3. The molecule has 6 fully saturated rings. The van der Waals surface area contributed by atoms with Crippen LogP contribution < -0.4 is 4.74 Å². The van der Waals surface area contributed by atoms with E-state index in [0.29, 0.717) is 37.4 Å². The lowest BCUT2D eigenvalue weighted by molar-refractivity contribution is -0.300. The van der Waals surface area contributed by atoms with Gasteiger partial charge in [-0.25, -0.2) is 4.79 Å². The number of methoxy groups -OCH3 is 5. The zero-order chi connectivity index (χ0) is 33.7. The van der Waals surface area contributed by atoms with Crippen molar-refractivity contribution in [3.05, 3.63) is 29.8 Å². The first-order chi connectivity index (χ1) is 22.5. The SMILES string of the molecule is CCN1C[C@]2(COC)[C@H](O)C[C@H](OC)C34C1C([C@H](OC)[C@@H]32)[C@@]1(OC(C)=O)C[C@H](OC)[C@@]2(O)C[C@@H]4[C@@H]1[C@H]2OC(=O)c1ccc(OC)cc1. The fraction of sp³-hybridized carbons (Fsp3) is 0.771. The van der Waals surface area contributed by atoms with Gasteiger partial charge in [-0.3, -0.25) is 9.69 Å². The van der Waals surface area contributed by atoms with Crippen molar-refractivity contribution in [1.82, 2.24) is 4.90 Å². The molecule has 1 aromatic carbocycles. The Labute approximate surface area is 275 Å². The number of aliphatic hydroxyl groups is 2. The van der Waals surface area contributed by atoms with E-state index in [1.165, 1.54) is 14.0 Å². The van der Waals surface area contributed by atoms with Gasteiger partial charge in [0.15, 0.2) is 0 Å². The van der Waals surface area contributed by atoms with E-state index in [1.54, 1.807) is 52.7 Å². The van der Waals surface area contributed by atoms with Gasteiger partial charge in [0, 0.05) is 89.4 Å². The highest BCUT2D eigenvalue weighted by Gasteiger charge is 2.90. The van der Waals surface area contributed by atoms with E-state index < -0.39 is 76.3 Å². The first kappa shape index (κ1) is 33.2. The molecule has 0 amide bonds. The van der Waals surface area contributed by atoms with Crippen LogP contribution in [0.15, 0.2) is 24.3 Å². The van der Waals surface area contributed by atoms with Crippen molar-refractivity contribution in [1.29, 1.82) is 0 Å². The molecule has 260 valence electrons. The van der Waals surface area contributed by atoms with E-state index in [1.807, 2.05) is 0 Å². The van der Waals surface area contributed by atoms with Crippen LogP contribution in [0.3, 0.4) is 0 Å². The van der Waals surface area contributed by atoms with Gasteiger partial charge in [0.1, 0.15) is 23.1 Å². The second-order valence-electron chi connectivity index (χ2n) is 14.7. The number of hydrogen-bond acceptors (Lipinski definition) is 12. The van der Waals surface area contributed by atoms with E-state index >= 15 is 0 Å². The summed E-state index contributed by atoms with van der Waals surface area (Å²) >= 11 is 0. The average molecular weight is 660 g/mol. The van der Waals surface area contributed by atoms with Gasteiger partial charge in [-0.2, -0.15) is 0 Å². The van der Waals surface area contributed by atoms with Gasteiger partial charge in [0.2, 0.25) is 0 Å². The minimum atomic E-state index is -1.58. The molecule has 2 N–H and O–H groups in total. The fourth-order valence-corrected chi connectivity index (χ4v) is 12.4. The van der Waals surface area contributed by atoms with Gasteiger partial charge in [-0.05, 0) is 43.1 Å². The van der Waals surface area contributed by atoms with Crippen LogP contribution in [-0.2, 0) is 33.2 Å². The van der Waals surface area contributed by atoms with Crippen LogP contribution in [-0.4, -0.2) is 130 Å². The standard InChI is InChI=1S/C35H49NO11/c1-8-36-16-32(17-41-3)22(38)13-23(43-5)35-21-14-33(40)24(44-6)15-34(47-18(2)37,26(29(35)36)27(45-7)28(32)35)25(21)30(33)46-31(39)19-9-11-20(42-4)12-10-19/h9-12,21-30,38,40H,8,13-17H2,1-7H3/t21-,22-,23+,24+,25-,26?,27+,28-,29?,30-,32+,33+,34-,35?/m1/s1. The minimum Gasteiger partial charge on any atom is -0.497 e. The van der Waals surface area contributed by atoms with Crippen molar-refractivity contribution in [3.8, 4) is 5.75 Å². The third-order valence-electron chi connectivity index (χ3n) is 13.4. The Morgan fingerprint density at radius 1 is 0.979 bits per heavy atom. The number of ether oxygens (including phenoxy) is 7. The molecule has 1 saturated heterocycles. The molecular weight excluding hydrogens is 610 g/mol. The largest absolute Gasteiger partial charge is 0.497 e. The Balaban J connectivity index is 1.47. The summed E-state index contributed by atoms with van der Waals surface area (Å²) in [5, 5.41) is 24.8. The first-order valence-electron chi connectivity index (χ1n) is 16.7. The van der Waals surface area contributed by atoms with Crippen LogP contribution in [0.25, 0.3) is 0 Å². The third-order valence-corrected chi connectivity index (χ3v) is 13.4. The lowest BCUT2D eigenvalue weighted by Crippen LogP contribution is -2.79. The van der Waals surface area contributed by atoms with Gasteiger partial charge in [-0.1, -0.05) is 6.92 Å². The molecule has 12 heteroatoms. The molecule has 6 aliphatic rings. The summed E-state index contributed by atoms with van der Waals surface area (Å²) in [6.07, 6.45) is -2.70. The average Bonchev–Trinajstić information content (AvgIpc) is 3.43. The molecule has 3 unspecified atom stereocenters. The molecule has 5 aliphatic carbocycles. The number of likely N-dealkylation sites (tertiary alicyclic amines) is 1. The Kier molecular flexibility index (Phi) is 8.02. The number of benzene rings is 1. The lowest BCUT2D eigenvalue weighted by atomic mass is 9.42. The number of esters is 2. The molecule has 0 aromatic heterocycles. The lowest BCUT2D eigenvalue weighted by Gasteiger charge is -2.70. The van der Waals surface area contributed by atoms with Gasteiger partial charge >= 0.3 is 11.9 Å². The van der Waals surface area contributed by atoms with Crippen LogP contribution in [0.4, 0.5) is 0 Å². The highest BCUT2D eigenvalue weighted by molar-refractivity contribution is 5.89. The second-order valence-corrected chi connectivity index (χ2v) is 14.7. The number of piperidine rings is 1. The number of carbonyl (C=O) groups is 2. The third kappa shape index (κ3) is 4.00. The second kappa shape index (κ2) is 11.4. The van der Waals surface area contributed by atoms with Crippen molar-refractivity contribution in [2.75, 3.05) is 55.2 Å². The number of aliphatic hydroxyl groups excluding tert-OH is 1. The minimum absolute atomic E-state index is 0.179. The van der Waals surface area contributed by atoms with Gasteiger partial charge in [0.05, 0.1) is 43.7 Å². The fourth-order valence-electron chi connectivity index (χ4n) is 12.4.